The molecule has 1 aliphatic rings. The normalized spacial score (nSPS) is 16.6. The van der Waals surface area contributed by atoms with Crippen LogP contribution in [0.25, 0.3) is 0 Å². The minimum absolute atomic E-state index is 0.0287. The fourth-order valence-electron chi connectivity index (χ4n) is 2.45. The van der Waals surface area contributed by atoms with Crippen molar-refractivity contribution in [2.75, 3.05) is 5.32 Å². The van der Waals surface area contributed by atoms with Crippen LogP contribution in [0.1, 0.15) is 37.7 Å². The van der Waals surface area contributed by atoms with E-state index in [0.29, 0.717) is 4.47 Å². The third-order valence-electron chi connectivity index (χ3n) is 3.48. The molecule has 0 aromatic heterocycles. The second-order valence-electron chi connectivity index (χ2n) is 5.12. The molecule has 1 aromatic carbocycles. The van der Waals surface area contributed by atoms with Crippen LogP contribution in [0.4, 0.5) is 18.9 Å². The zero-order valence-corrected chi connectivity index (χ0v) is 13.7. The molecular weight excluding hydrogens is 365 g/mol. The molecule has 0 atom stereocenters. The molecule has 0 radical (unpaired) electrons. The number of anilines is 1. The fraction of sp³-hybridized carbons (Fsp3) is 0.500. The van der Waals surface area contributed by atoms with Crippen molar-refractivity contribution in [3.05, 3.63) is 28.2 Å². The molecule has 0 amide bonds. The molecule has 116 valence electrons. The molecular formula is C14H16BrF3N2S. The van der Waals surface area contributed by atoms with Crippen LogP contribution in [0.3, 0.4) is 0 Å². The largest absolute Gasteiger partial charge is 0.418 e. The predicted octanol–water partition coefficient (Wildman–Crippen LogP) is 5.09. The van der Waals surface area contributed by atoms with Crippen LogP contribution in [0, 0.1) is 0 Å². The van der Waals surface area contributed by atoms with Crippen molar-refractivity contribution in [2.45, 2.75) is 44.3 Å². The summed E-state index contributed by atoms with van der Waals surface area (Å²) in [5.41, 5.74) is -0.760. The fourth-order valence-corrected chi connectivity index (χ4v) is 3.09. The third kappa shape index (κ3) is 4.85. The number of benzene rings is 1. The molecule has 21 heavy (non-hydrogen) atoms. The van der Waals surface area contributed by atoms with E-state index in [-0.39, 0.29) is 16.8 Å². The van der Waals surface area contributed by atoms with Gasteiger partial charge in [-0.1, -0.05) is 35.2 Å². The van der Waals surface area contributed by atoms with E-state index in [0.717, 1.165) is 31.7 Å². The lowest BCUT2D eigenvalue weighted by molar-refractivity contribution is -0.136. The highest BCUT2D eigenvalue weighted by atomic mass is 79.9. The summed E-state index contributed by atoms with van der Waals surface area (Å²) in [6.45, 7) is 0. The van der Waals surface area contributed by atoms with E-state index in [1.54, 1.807) is 6.07 Å². The van der Waals surface area contributed by atoms with Crippen molar-refractivity contribution in [1.82, 2.24) is 5.32 Å². The van der Waals surface area contributed by atoms with Crippen molar-refractivity contribution in [2.24, 2.45) is 0 Å². The first kappa shape index (κ1) is 16.5. The quantitative estimate of drug-likeness (QED) is 0.698. The summed E-state index contributed by atoms with van der Waals surface area (Å²) in [6, 6.07) is 4.23. The lowest BCUT2D eigenvalue weighted by Crippen LogP contribution is -2.39. The Morgan fingerprint density at radius 3 is 2.48 bits per heavy atom. The Labute approximate surface area is 135 Å². The van der Waals surface area contributed by atoms with E-state index < -0.39 is 11.7 Å². The summed E-state index contributed by atoms with van der Waals surface area (Å²) in [6.07, 6.45) is 1.07. The van der Waals surface area contributed by atoms with Crippen LogP contribution in [-0.2, 0) is 6.18 Å². The lowest BCUT2D eigenvalue weighted by atomic mass is 9.96. The summed E-state index contributed by atoms with van der Waals surface area (Å²) in [7, 11) is 0. The summed E-state index contributed by atoms with van der Waals surface area (Å²) in [5.74, 6) is 0. The van der Waals surface area contributed by atoms with Crippen molar-refractivity contribution >= 4 is 38.9 Å². The molecule has 1 fully saturated rings. The molecule has 1 saturated carbocycles. The van der Waals surface area contributed by atoms with Crippen LogP contribution >= 0.6 is 28.1 Å². The van der Waals surface area contributed by atoms with Gasteiger partial charge in [0.25, 0.3) is 0 Å². The predicted molar refractivity (Wildman–Crippen MR) is 85.4 cm³/mol. The summed E-state index contributed by atoms with van der Waals surface area (Å²) in [4.78, 5) is 0. The number of rotatable bonds is 2. The summed E-state index contributed by atoms with van der Waals surface area (Å²) < 4.78 is 39.4. The Morgan fingerprint density at radius 1 is 1.19 bits per heavy atom. The maximum Gasteiger partial charge on any atom is 0.418 e. The van der Waals surface area contributed by atoms with Gasteiger partial charge >= 0.3 is 6.18 Å². The Balaban J connectivity index is 2.06. The molecule has 0 bridgehead atoms. The maximum atomic E-state index is 13.0. The van der Waals surface area contributed by atoms with E-state index in [1.807, 2.05) is 0 Å². The second kappa shape index (κ2) is 6.96. The highest BCUT2D eigenvalue weighted by molar-refractivity contribution is 9.10. The Kier molecular flexibility index (Phi) is 5.48. The number of nitrogens with one attached hydrogen (secondary N) is 2. The van der Waals surface area contributed by atoms with E-state index in [2.05, 4.69) is 26.6 Å². The smallest absolute Gasteiger partial charge is 0.360 e. The van der Waals surface area contributed by atoms with Gasteiger partial charge < -0.3 is 10.6 Å². The van der Waals surface area contributed by atoms with Gasteiger partial charge in [-0.25, -0.2) is 0 Å². The minimum Gasteiger partial charge on any atom is -0.360 e. The van der Waals surface area contributed by atoms with Gasteiger partial charge in [0.1, 0.15) is 0 Å². The van der Waals surface area contributed by atoms with E-state index >= 15 is 0 Å². The van der Waals surface area contributed by atoms with Gasteiger partial charge in [-0.2, -0.15) is 13.2 Å². The molecule has 0 aliphatic heterocycles. The van der Waals surface area contributed by atoms with Gasteiger partial charge in [-0.05, 0) is 43.3 Å². The Morgan fingerprint density at radius 2 is 1.86 bits per heavy atom. The number of hydrogen-bond donors (Lipinski definition) is 2. The molecule has 2 N–H and O–H groups in total. The maximum absolute atomic E-state index is 13.0. The number of thiocarbonyl (C=S) groups is 1. The topological polar surface area (TPSA) is 24.1 Å². The van der Waals surface area contributed by atoms with Crippen molar-refractivity contribution < 1.29 is 13.2 Å². The number of halogens is 4. The molecule has 2 rings (SSSR count). The third-order valence-corrected chi connectivity index (χ3v) is 4.19. The summed E-state index contributed by atoms with van der Waals surface area (Å²) in [5, 5.41) is 6.02. The first-order valence-corrected chi connectivity index (χ1v) is 8.00. The molecule has 7 heteroatoms. The second-order valence-corrected chi connectivity index (χ2v) is 6.44. The average Bonchev–Trinajstić information content (AvgIpc) is 2.40. The molecule has 0 spiro atoms. The minimum atomic E-state index is -4.42. The van der Waals surface area contributed by atoms with Gasteiger partial charge in [0.15, 0.2) is 5.11 Å². The zero-order chi connectivity index (χ0) is 15.5. The van der Waals surface area contributed by atoms with Crippen LogP contribution in [0.5, 0.6) is 0 Å². The summed E-state index contributed by atoms with van der Waals surface area (Å²) >= 11 is 8.19. The van der Waals surface area contributed by atoms with Gasteiger partial charge in [0.05, 0.1) is 11.3 Å². The van der Waals surface area contributed by atoms with Crippen LogP contribution in [-0.4, -0.2) is 11.2 Å². The molecule has 0 heterocycles. The Bertz CT molecular complexity index is 513. The molecule has 0 unspecified atom stereocenters. The average molecular weight is 381 g/mol. The zero-order valence-electron chi connectivity index (χ0n) is 11.3. The molecule has 0 saturated heterocycles. The number of alkyl halides is 3. The van der Waals surface area contributed by atoms with Gasteiger partial charge in [-0.15, -0.1) is 0 Å². The van der Waals surface area contributed by atoms with Gasteiger partial charge in [-0.3, -0.25) is 0 Å². The highest BCUT2D eigenvalue weighted by Crippen LogP contribution is 2.36. The van der Waals surface area contributed by atoms with E-state index in [4.69, 9.17) is 12.2 Å². The standard InChI is InChI=1S/C14H16BrF3N2S/c15-9-6-7-12(11(8-9)14(16,17)18)20-13(21)19-10-4-2-1-3-5-10/h6-8,10H,1-5H2,(H2,19,20,21). The first-order valence-electron chi connectivity index (χ1n) is 6.80. The Hall–Kier alpha value is -0.820. The lowest BCUT2D eigenvalue weighted by Gasteiger charge is -2.25. The van der Waals surface area contributed by atoms with Crippen LogP contribution in [0.15, 0.2) is 22.7 Å². The monoisotopic (exact) mass is 380 g/mol. The van der Waals surface area contributed by atoms with Gasteiger partial charge in [0.2, 0.25) is 0 Å². The van der Waals surface area contributed by atoms with Crippen molar-refractivity contribution in [1.29, 1.82) is 0 Å². The van der Waals surface area contributed by atoms with Crippen LogP contribution < -0.4 is 10.6 Å². The molecule has 1 aromatic rings. The van der Waals surface area contributed by atoms with Gasteiger partial charge in [0, 0.05) is 10.5 Å². The van der Waals surface area contributed by atoms with Crippen molar-refractivity contribution in [3.8, 4) is 0 Å². The first-order chi connectivity index (χ1) is 9.86. The number of hydrogen-bond acceptors (Lipinski definition) is 1. The highest BCUT2D eigenvalue weighted by Gasteiger charge is 2.34. The molecule has 1 aliphatic carbocycles. The van der Waals surface area contributed by atoms with E-state index in [9.17, 15) is 13.2 Å². The molecule has 2 nitrogen and oxygen atoms in total. The van der Waals surface area contributed by atoms with E-state index in [1.165, 1.54) is 12.5 Å². The SMILES string of the molecule is FC(F)(F)c1cc(Br)ccc1NC(=S)NC1CCCCC1. The van der Waals surface area contributed by atoms with Crippen LogP contribution in [0.2, 0.25) is 0 Å². The van der Waals surface area contributed by atoms with Crippen molar-refractivity contribution in [3.63, 3.8) is 0 Å².